The quantitative estimate of drug-likeness (QED) is 0.231. The molecule has 38 heavy (non-hydrogen) atoms. The van der Waals surface area contributed by atoms with Gasteiger partial charge in [0.1, 0.15) is 24.1 Å². The van der Waals surface area contributed by atoms with Crippen LogP contribution in [0.25, 0.3) is 0 Å². The molecule has 1 saturated heterocycles. The van der Waals surface area contributed by atoms with E-state index >= 15 is 0 Å². The first-order valence-corrected chi connectivity index (χ1v) is 13.1. The minimum absolute atomic E-state index is 0.327. The fourth-order valence-electron chi connectivity index (χ4n) is 4.49. The van der Waals surface area contributed by atoms with Crippen molar-refractivity contribution >= 4 is 0 Å². The Hall–Kier alpha value is -3.48. The van der Waals surface area contributed by atoms with Crippen molar-refractivity contribution in [3.05, 3.63) is 138 Å². The Morgan fingerprint density at radius 2 is 1.05 bits per heavy atom. The summed E-state index contributed by atoms with van der Waals surface area (Å²) in [5, 5.41) is 0. The van der Waals surface area contributed by atoms with Gasteiger partial charge in [-0.2, -0.15) is 0 Å². The monoisotopic (exact) mass is 510 g/mol. The van der Waals surface area contributed by atoms with Gasteiger partial charge in [0.05, 0.1) is 26.4 Å². The first-order valence-electron chi connectivity index (χ1n) is 13.1. The average molecular weight is 511 g/mol. The van der Waals surface area contributed by atoms with Crippen LogP contribution in [0.5, 0.6) is 5.75 Å². The number of ether oxygens (including phenoxy) is 5. The van der Waals surface area contributed by atoms with E-state index in [0.717, 1.165) is 28.0 Å². The second-order valence-electron chi connectivity index (χ2n) is 9.44. The van der Waals surface area contributed by atoms with Gasteiger partial charge in [-0.05, 0) is 35.2 Å². The van der Waals surface area contributed by atoms with Crippen LogP contribution >= 0.6 is 0 Å². The first-order chi connectivity index (χ1) is 18.8. The van der Waals surface area contributed by atoms with Gasteiger partial charge in [0.2, 0.25) is 6.29 Å². The van der Waals surface area contributed by atoms with Crippen LogP contribution in [0, 0.1) is 6.92 Å². The summed E-state index contributed by atoms with van der Waals surface area (Å²) in [5.41, 5.74) is 4.27. The summed E-state index contributed by atoms with van der Waals surface area (Å²) in [6.45, 7) is 3.63. The van der Waals surface area contributed by atoms with Crippen molar-refractivity contribution in [1.82, 2.24) is 0 Å². The number of aryl methyl sites for hydroxylation is 1. The number of hydrogen-bond acceptors (Lipinski definition) is 5. The fourth-order valence-corrected chi connectivity index (χ4v) is 4.49. The molecule has 1 fully saturated rings. The van der Waals surface area contributed by atoms with E-state index in [4.69, 9.17) is 23.7 Å². The Morgan fingerprint density at radius 1 is 0.579 bits per heavy atom. The van der Waals surface area contributed by atoms with Gasteiger partial charge in [-0.3, -0.25) is 0 Å². The highest BCUT2D eigenvalue weighted by atomic mass is 16.7. The van der Waals surface area contributed by atoms with Crippen molar-refractivity contribution in [2.45, 2.75) is 51.3 Å². The Morgan fingerprint density at radius 3 is 1.61 bits per heavy atom. The van der Waals surface area contributed by atoms with Gasteiger partial charge in [0.15, 0.2) is 0 Å². The van der Waals surface area contributed by atoms with E-state index in [1.54, 1.807) is 0 Å². The smallest absolute Gasteiger partial charge is 0.229 e. The van der Waals surface area contributed by atoms with Crippen LogP contribution in [0.3, 0.4) is 0 Å². The third kappa shape index (κ3) is 7.09. The number of benzene rings is 4. The molecule has 0 aliphatic carbocycles. The van der Waals surface area contributed by atoms with E-state index in [-0.39, 0.29) is 6.10 Å². The second-order valence-corrected chi connectivity index (χ2v) is 9.44. The lowest BCUT2D eigenvalue weighted by Gasteiger charge is -2.42. The van der Waals surface area contributed by atoms with E-state index in [9.17, 15) is 0 Å². The Labute approximate surface area is 224 Å². The lowest BCUT2D eigenvalue weighted by atomic mass is 10.0. The van der Waals surface area contributed by atoms with E-state index < -0.39 is 18.5 Å². The molecule has 0 amide bonds. The number of hydrogen-bond donors (Lipinski definition) is 0. The van der Waals surface area contributed by atoms with Gasteiger partial charge in [-0.1, -0.05) is 109 Å². The van der Waals surface area contributed by atoms with Gasteiger partial charge < -0.3 is 23.7 Å². The molecule has 1 aliphatic rings. The topological polar surface area (TPSA) is 46.2 Å². The van der Waals surface area contributed by atoms with Crippen molar-refractivity contribution in [2.24, 2.45) is 0 Å². The predicted octanol–water partition coefficient (Wildman–Crippen LogP) is 6.49. The van der Waals surface area contributed by atoms with Gasteiger partial charge in [-0.15, -0.1) is 0 Å². The lowest BCUT2D eigenvalue weighted by Crippen LogP contribution is -2.57. The maximum Gasteiger partial charge on any atom is 0.229 e. The molecule has 4 atom stereocenters. The zero-order valence-electron chi connectivity index (χ0n) is 21.6. The van der Waals surface area contributed by atoms with Crippen molar-refractivity contribution in [3.8, 4) is 5.75 Å². The summed E-state index contributed by atoms with van der Waals surface area (Å²) in [6, 6.07) is 38.3. The Balaban J connectivity index is 1.39. The standard InChI is InChI=1S/C33H34O5/c1-25-13-11-12-20-29(25)38-33-32(36-23-28-18-9-4-10-19-28)31(35-22-27-16-7-3-8-17-27)30(24-37-33)34-21-26-14-5-2-6-15-26/h2-20,30-33H,21-24H2,1H3/t30-,31+,32-,33+/m1/s1. The molecular formula is C33H34O5. The molecule has 0 unspecified atom stereocenters. The van der Waals surface area contributed by atoms with Crippen LogP contribution in [0.2, 0.25) is 0 Å². The molecule has 4 aromatic carbocycles. The van der Waals surface area contributed by atoms with Gasteiger partial charge >= 0.3 is 0 Å². The highest BCUT2D eigenvalue weighted by Crippen LogP contribution is 2.29. The SMILES string of the molecule is Cc1ccccc1O[C@@H]1OC[C@@H](OCc2ccccc2)[C@H](OCc2ccccc2)[C@H]1OCc1ccccc1. The molecule has 1 heterocycles. The summed E-state index contributed by atoms with van der Waals surface area (Å²) < 4.78 is 32.1. The van der Waals surface area contributed by atoms with Gasteiger partial charge in [0.25, 0.3) is 0 Å². The molecule has 0 N–H and O–H groups in total. The number of rotatable bonds is 11. The first kappa shape index (κ1) is 26.1. The molecule has 0 radical (unpaired) electrons. The lowest BCUT2D eigenvalue weighted by molar-refractivity contribution is -0.278. The maximum atomic E-state index is 6.56. The van der Waals surface area contributed by atoms with E-state index in [1.165, 1.54) is 0 Å². The molecule has 0 saturated carbocycles. The largest absolute Gasteiger partial charge is 0.462 e. The van der Waals surface area contributed by atoms with Crippen LogP contribution in [-0.4, -0.2) is 31.2 Å². The predicted molar refractivity (Wildman–Crippen MR) is 147 cm³/mol. The third-order valence-corrected chi connectivity index (χ3v) is 6.60. The van der Waals surface area contributed by atoms with E-state index in [1.807, 2.05) is 97.9 Å². The highest BCUT2D eigenvalue weighted by Gasteiger charge is 2.44. The van der Waals surface area contributed by atoms with Crippen LogP contribution < -0.4 is 4.74 Å². The van der Waals surface area contributed by atoms with Crippen molar-refractivity contribution < 1.29 is 23.7 Å². The molecule has 0 spiro atoms. The Bertz CT molecular complexity index is 1230. The number of para-hydroxylation sites is 1. The molecule has 0 bridgehead atoms. The second kappa shape index (κ2) is 13.4. The minimum atomic E-state index is -0.655. The highest BCUT2D eigenvalue weighted by molar-refractivity contribution is 5.32. The van der Waals surface area contributed by atoms with Crippen LogP contribution in [0.15, 0.2) is 115 Å². The molecule has 1 aliphatic heterocycles. The molecule has 0 aromatic heterocycles. The third-order valence-electron chi connectivity index (χ3n) is 6.60. The van der Waals surface area contributed by atoms with E-state index in [0.29, 0.717) is 26.4 Å². The van der Waals surface area contributed by atoms with E-state index in [2.05, 4.69) is 24.3 Å². The molecule has 4 aromatic rings. The normalized spacial score (nSPS) is 21.2. The molecule has 5 nitrogen and oxygen atoms in total. The van der Waals surface area contributed by atoms with Crippen molar-refractivity contribution in [2.75, 3.05) is 6.61 Å². The summed E-state index contributed by atoms with van der Waals surface area (Å²) in [7, 11) is 0. The van der Waals surface area contributed by atoms with Crippen LogP contribution in [0.4, 0.5) is 0 Å². The summed E-state index contributed by atoms with van der Waals surface area (Å²) in [4.78, 5) is 0. The summed E-state index contributed by atoms with van der Waals surface area (Å²) in [5.74, 6) is 0.760. The minimum Gasteiger partial charge on any atom is -0.462 e. The molecule has 5 heteroatoms. The summed E-state index contributed by atoms with van der Waals surface area (Å²) in [6.07, 6.45) is -1.92. The van der Waals surface area contributed by atoms with Gasteiger partial charge in [0, 0.05) is 0 Å². The van der Waals surface area contributed by atoms with Crippen molar-refractivity contribution in [1.29, 1.82) is 0 Å². The average Bonchev–Trinajstić information content (AvgIpc) is 2.97. The zero-order valence-corrected chi connectivity index (χ0v) is 21.6. The van der Waals surface area contributed by atoms with Crippen LogP contribution in [0.1, 0.15) is 22.3 Å². The summed E-state index contributed by atoms with van der Waals surface area (Å²) >= 11 is 0. The molecular weight excluding hydrogens is 476 g/mol. The van der Waals surface area contributed by atoms with Crippen molar-refractivity contribution in [3.63, 3.8) is 0 Å². The molecule has 196 valence electrons. The fraction of sp³-hybridized carbons (Fsp3) is 0.273. The van der Waals surface area contributed by atoms with Crippen LogP contribution in [-0.2, 0) is 38.8 Å². The Kier molecular flexibility index (Phi) is 9.19. The molecule has 5 rings (SSSR count). The van der Waals surface area contributed by atoms with Gasteiger partial charge in [-0.25, -0.2) is 0 Å². The zero-order chi connectivity index (χ0) is 26.0. The maximum absolute atomic E-state index is 6.56.